The van der Waals surface area contributed by atoms with Crippen LogP contribution < -0.4 is 4.74 Å². The first kappa shape index (κ1) is 16.8. The molecule has 0 aliphatic carbocycles. The molecule has 23 heavy (non-hydrogen) atoms. The van der Waals surface area contributed by atoms with Crippen LogP contribution in [0.3, 0.4) is 0 Å². The van der Waals surface area contributed by atoms with Crippen LogP contribution in [-0.2, 0) is 11.3 Å². The summed E-state index contributed by atoms with van der Waals surface area (Å²) >= 11 is 0. The van der Waals surface area contributed by atoms with Crippen molar-refractivity contribution in [1.82, 2.24) is 14.7 Å². The van der Waals surface area contributed by atoms with Crippen LogP contribution in [-0.4, -0.2) is 66.7 Å². The third kappa shape index (κ3) is 4.01. The van der Waals surface area contributed by atoms with Gasteiger partial charge in [0.2, 0.25) is 6.35 Å². The molecule has 1 atom stereocenters. The minimum absolute atomic E-state index is 0.280. The number of carbonyl (C=O) groups is 1. The largest absolute Gasteiger partial charge is 0.497 e. The summed E-state index contributed by atoms with van der Waals surface area (Å²) in [5.41, 5.74) is 0.903. The number of amides is 1. The third-order valence-corrected chi connectivity index (χ3v) is 3.46. The summed E-state index contributed by atoms with van der Waals surface area (Å²) in [5.74, 6) is 0.885. The Balaban J connectivity index is 2.15. The fourth-order valence-electron chi connectivity index (χ4n) is 2.13. The molecule has 1 unspecified atom stereocenters. The lowest BCUT2D eigenvalue weighted by Crippen LogP contribution is -2.51. The first-order valence-electron chi connectivity index (χ1n) is 7.19. The molecule has 1 aliphatic rings. The van der Waals surface area contributed by atoms with Crippen molar-refractivity contribution in [1.29, 1.82) is 0 Å². The van der Waals surface area contributed by atoms with E-state index in [1.54, 1.807) is 30.3 Å². The Hall–Kier alpha value is -2.54. The molecule has 7 heteroatoms. The van der Waals surface area contributed by atoms with Crippen LogP contribution in [0.2, 0.25) is 0 Å². The number of aliphatic hydroxyl groups is 1. The molecule has 0 saturated carbocycles. The van der Waals surface area contributed by atoms with E-state index in [9.17, 15) is 9.90 Å². The van der Waals surface area contributed by atoms with Gasteiger partial charge in [0.05, 0.1) is 20.0 Å². The minimum atomic E-state index is -1.07. The van der Waals surface area contributed by atoms with Crippen molar-refractivity contribution >= 4 is 12.2 Å². The monoisotopic (exact) mass is 318 g/mol. The minimum Gasteiger partial charge on any atom is -0.497 e. The van der Waals surface area contributed by atoms with Gasteiger partial charge in [0.15, 0.2) is 0 Å². The molecular weight excluding hydrogens is 296 g/mol. The topological polar surface area (TPSA) is 68.6 Å². The third-order valence-electron chi connectivity index (χ3n) is 3.46. The van der Waals surface area contributed by atoms with Crippen molar-refractivity contribution in [2.75, 3.05) is 28.3 Å². The van der Waals surface area contributed by atoms with Crippen LogP contribution in [0.1, 0.15) is 5.56 Å². The molecule has 0 bridgehead atoms. The number of ether oxygens (including phenoxy) is 1. The predicted octanol–water partition coefficient (Wildman–Crippen LogP) is 0.676. The highest BCUT2D eigenvalue weighted by Crippen LogP contribution is 2.21. The number of carbonyl (C=O) groups excluding carboxylic acids is 1. The van der Waals surface area contributed by atoms with E-state index in [0.717, 1.165) is 11.3 Å². The summed E-state index contributed by atoms with van der Waals surface area (Å²) in [6.07, 6.45) is 1.93. The summed E-state index contributed by atoms with van der Waals surface area (Å²) in [5, 5.41) is 10.4. The van der Waals surface area contributed by atoms with Gasteiger partial charge in [-0.15, -0.1) is 0 Å². The standard InChI is InChI=1S/C16H22N4O3/c1-18(2)11-17-14-9-15(21)20(16(22)19(14)3)10-12-5-7-13(23-4)8-6-12/h5-9,11,16,22H,10H2,1-4H3/b17-11+. The number of nitrogens with zero attached hydrogens (tertiary/aromatic N) is 4. The van der Waals surface area contributed by atoms with Crippen LogP contribution in [0, 0.1) is 0 Å². The highest BCUT2D eigenvalue weighted by Gasteiger charge is 2.30. The zero-order chi connectivity index (χ0) is 17.0. The van der Waals surface area contributed by atoms with Crippen molar-refractivity contribution in [3.8, 4) is 5.75 Å². The lowest BCUT2D eigenvalue weighted by molar-refractivity contribution is -0.153. The molecule has 0 saturated heterocycles. The highest BCUT2D eigenvalue weighted by atomic mass is 16.5. The predicted molar refractivity (Wildman–Crippen MR) is 87.6 cm³/mol. The first-order valence-corrected chi connectivity index (χ1v) is 7.19. The SMILES string of the molecule is COc1ccc(CN2C(=O)C=C(/N=C/N(C)C)N(C)C2O)cc1. The van der Waals surface area contributed by atoms with Gasteiger partial charge in [-0.3, -0.25) is 9.69 Å². The van der Waals surface area contributed by atoms with Gasteiger partial charge < -0.3 is 19.6 Å². The molecule has 0 fully saturated rings. The number of hydrogen-bond acceptors (Lipinski definition) is 5. The van der Waals surface area contributed by atoms with E-state index in [1.165, 1.54) is 11.0 Å². The average Bonchev–Trinajstić information content (AvgIpc) is 2.54. The van der Waals surface area contributed by atoms with Gasteiger partial charge in [-0.2, -0.15) is 0 Å². The number of rotatable bonds is 5. The lowest BCUT2D eigenvalue weighted by atomic mass is 10.2. The van der Waals surface area contributed by atoms with E-state index in [4.69, 9.17) is 4.74 Å². The Bertz CT molecular complexity index is 610. The zero-order valence-corrected chi connectivity index (χ0v) is 13.8. The molecule has 7 nitrogen and oxygen atoms in total. The van der Waals surface area contributed by atoms with Gasteiger partial charge in [-0.05, 0) is 17.7 Å². The smallest absolute Gasteiger partial charge is 0.254 e. The highest BCUT2D eigenvalue weighted by molar-refractivity contribution is 5.89. The maximum atomic E-state index is 12.3. The molecule has 1 aliphatic heterocycles. The van der Waals surface area contributed by atoms with Crippen LogP contribution >= 0.6 is 0 Å². The molecule has 0 radical (unpaired) electrons. The maximum Gasteiger partial charge on any atom is 0.254 e. The van der Waals surface area contributed by atoms with Gasteiger partial charge in [-0.25, -0.2) is 4.99 Å². The quantitative estimate of drug-likeness (QED) is 0.638. The molecule has 1 amide bonds. The van der Waals surface area contributed by atoms with Gasteiger partial charge in [-0.1, -0.05) is 12.1 Å². The first-order chi connectivity index (χ1) is 10.9. The molecule has 1 heterocycles. The van der Waals surface area contributed by atoms with E-state index in [-0.39, 0.29) is 5.91 Å². The Morgan fingerprint density at radius 1 is 1.35 bits per heavy atom. The lowest BCUT2D eigenvalue weighted by Gasteiger charge is -2.38. The molecular formula is C16H22N4O3. The normalized spacial score (nSPS) is 18.4. The van der Waals surface area contributed by atoms with E-state index >= 15 is 0 Å². The van der Waals surface area contributed by atoms with Crippen molar-refractivity contribution < 1.29 is 14.6 Å². The number of hydrogen-bond donors (Lipinski definition) is 1. The van der Waals surface area contributed by atoms with E-state index < -0.39 is 6.35 Å². The van der Waals surface area contributed by atoms with E-state index in [1.807, 2.05) is 38.4 Å². The maximum absolute atomic E-state index is 12.3. The Kier molecular flexibility index (Phi) is 5.23. The number of methoxy groups -OCH3 is 1. The average molecular weight is 318 g/mol. The van der Waals surface area contributed by atoms with Gasteiger partial charge in [0, 0.05) is 27.2 Å². The molecule has 2 rings (SSSR count). The fraction of sp³-hybridized carbons (Fsp3) is 0.375. The van der Waals surface area contributed by atoms with Gasteiger partial charge in [0.1, 0.15) is 11.6 Å². The van der Waals surface area contributed by atoms with Gasteiger partial charge in [0.25, 0.3) is 5.91 Å². The molecule has 1 aromatic rings. The molecule has 0 aromatic heterocycles. The Morgan fingerprint density at radius 3 is 2.57 bits per heavy atom. The number of aliphatic hydroxyl groups excluding tert-OH is 1. The van der Waals surface area contributed by atoms with Crippen molar-refractivity contribution in [2.45, 2.75) is 12.9 Å². The summed E-state index contributed by atoms with van der Waals surface area (Å²) < 4.78 is 5.11. The number of benzene rings is 1. The molecule has 124 valence electrons. The van der Waals surface area contributed by atoms with Crippen LogP contribution in [0.4, 0.5) is 0 Å². The summed E-state index contributed by atoms with van der Waals surface area (Å²) in [4.78, 5) is 21.2. The Morgan fingerprint density at radius 2 is 2.00 bits per heavy atom. The van der Waals surface area contributed by atoms with Crippen LogP contribution in [0.5, 0.6) is 5.75 Å². The second-order valence-corrected chi connectivity index (χ2v) is 5.48. The zero-order valence-electron chi connectivity index (χ0n) is 13.8. The van der Waals surface area contributed by atoms with E-state index in [2.05, 4.69) is 4.99 Å². The van der Waals surface area contributed by atoms with Crippen LogP contribution in [0.25, 0.3) is 0 Å². The van der Waals surface area contributed by atoms with Crippen molar-refractivity contribution in [3.05, 3.63) is 41.7 Å². The van der Waals surface area contributed by atoms with E-state index in [0.29, 0.717) is 12.4 Å². The summed E-state index contributed by atoms with van der Waals surface area (Å²) in [7, 11) is 6.96. The van der Waals surface area contributed by atoms with Crippen molar-refractivity contribution in [3.63, 3.8) is 0 Å². The summed E-state index contributed by atoms with van der Waals surface area (Å²) in [6.45, 7) is 0.301. The molecule has 1 aromatic carbocycles. The molecule has 1 N–H and O–H groups in total. The number of aliphatic imine (C=N–C) groups is 1. The van der Waals surface area contributed by atoms with Crippen LogP contribution in [0.15, 0.2) is 41.2 Å². The Labute approximate surface area is 136 Å². The second-order valence-electron chi connectivity index (χ2n) is 5.48. The fourth-order valence-corrected chi connectivity index (χ4v) is 2.13. The van der Waals surface area contributed by atoms with Gasteiger partial charge >= 0.3 is 0 Å². The summed E-state index contributed by atoms with van der Waals surface area (Å²) in [6, 6.07) is 7.37. The second kappa shape index (κ2) is 7.15. The van der Waals surface area contributed by atoms with Crippen molar-refractivity contribution in [2.24, 2.45) is 4.99 Å². The molecule has 0 spiro atoms.